The minimum Gasteiger partial charge on any atom is -0.496 e. The molecule has 0 radical (unpaired) electrons. The zero-order chi connectivity index (χ0) is 19.1. The number of benzene rings is 1. The van der Waals surface area contributed by atoms with Gasteiger partial charge < -0.3 is 10.1 Å². The van der Waals surface area contributed by atoms with E-state index in [4.69, 9.17) is 4.74 Å². The molecule has 1 saturated heterocycles. The SMILES string of the molecule is COc1ccccc1C1(C(=O)NCC2CCN(S(=O)(=O)C3CC3)CC2)CC1. The quantitative estimate of drug-likeness (QED) is 0.771. The number of methoxy groups -OCH3 is 1. The Balaban J connectivity index is 1.31. The van der Waals surface area contributed by atoms with Gasteiger partial charge in [-0.25, -0.2) is 12.7 Å². The van der Waals surface area contributed by atoms with Crippen LogP contribution in [-0.2, 0) is 20.2 Å². The number of piperidine rings is 1. The average Bonchev–Trinajstić information content (AvgIpc) is 3.58. The molecule has 1 aliphatic heterocycles. The fourth-order valence-electron chi connectivity index (χ4n) is 4.13. The van der Waals surface area contributed by atoms with Gasteiger partial charge in [0, 0.05) is 25.2 Å². The molecule has 0 unspecified atom stereocenters. The van der Waals surface area contributed by atoms with Crippen LogP contribution in [0, 0.1) is 5.92 Å². The summed E-state index contributed by atoms with van der Waals surface area (Å²) in [6.45, 7) is 1.78. The highest BCUT2D eigenvalue weighted by molar-refractivity contribution is 7.90. The molecule has 0 aromatic heterocycles. The molecule has 1 aromatic carbocycles. The number of sulfonamides is 1. The second-order valence-corrected chi connectivity index (χ2v) is 10.3. The summed E-state index contributed by atoms with van der Waals surface area (Å²) in [5, 5.41) is 3.00. The molecule has 1 aromatic rings. The van der Waals surface area contributed by atoms with Gasteiger partial charge in [-0.1, -0.05) is 18.2 Å². The van der Waals surface area contributed by atoms with E-state index in [-0.39, 0.29) is 11.2 Å². The second-order valence-electron chi connectivity index (χ2n) is 8.08. The van der Waals surface area contributed by atoms with Crippen LogP contribution in [0.2, 0.25) is 0 Å². The number of carbonyl (C=O) groups is 1. The molecule has 2 aliphatic carbocycles. The van der Waals surface area contributed by atoms with Crippen LogP contribution in [-0.4, -0.2) is 50.6 Å². The highest BCUT2D eigenvalue weighted by Gasteiger charge is 2.52. The summed E-state index contributed by atoms with van der Waals surface area (Å²) in [5.41, 5.74) is 0.512. The number of nitrogens with one attached hydrogen (secondary N) is 1. The zero-order valence-electron chi connectivity index (χ0n) is 15.8. The summed E-state index contributed by atoms with van der Waals surface area (Å²) in [7, 11) is -1.43. The number of rotatable bonds is 7. The van der Waals surface area contributed by atoms with Crippen LogP contribution in [0.4, 0.5) is 0 Å². The Morgan fingerprint density at radius 2 is 1.85 bits per heavy atom. The van der Waals surface area contributed by atoms with Gasteiger partial charge in [0.05, 0.1) is 17.8 Å². The van der Waals surface area contributed by atoms with E-state index in [2.05, 4.69) is 5.32 Å². The lowest BCUT2D eigenvalue weighted by Crippen LogP contribution is -2.44. The van der Waals surface area contributed by atoms with Crippen molar-refractivity contribution in [3.63, 3.8) is 0 Å². The van der Waals surface area contributed by atoms with Gasteiger partial charge in [-0.3, -0.25) is 4.79 Å². The maximum absolute atomic E-state index is 12.9. The predicted octanol–water partition coefficient (Wildman–Crippen LogP) is 2.05. The third-order valence-electron chi connectivity index (χ3n) is 6.24. The number of hydrogen-bond donors (Lipinski definition) is 1. The van der Waals surface area contributed by atoms with Gasteiger partial charge in [0.2, 0.25) is 15.9 Å². The topological polar surface area (TPSA) is 75.7 Å². The Bertz CT molecular complexity index is 807. The molecule has 3 fully saturated rings. The highest BCUT2D eigenvalue weighted by atomic mass is 32.2. The van der Waals surface area contributed by atoms with Crippen LogP contribution >= 0.6 is 0 Å². The highest BCUT2D eigenvalue weighted by Crippen LogP contribution is 2.51. The Morgan fingerprint density at radius 1 is 1.19 bits per heavy atom. The summed E-state index contributed by atoms with van der Waals surface area (Å²) < 4.78 is 31.7. The van der Waals surface area contributed by atoms with E-state index >= 15 is 0 Å². The van der Waals surface area contributed by atoms with Crippen LogP contribution in [0.15, 0.2) is 24.3 Å². The minimum atomic E-state index is -3.07. The summed E-state index contributed by atoms with van der Waals surface area (Å²) >= 11 is 0. The number of carbonyl (C=O) groups excluding carboxylic acids is 1. The van der Waals surface area contributed by atoms with Gasteiger partial charge in [0.25, 0.3) is 0 Å². The van der Waals surface area contributed by atoms with E-state index < -0.39 is 15.4 Å². The van der Waals surface area contributed by atoms with Crippen LogP contribution in [0.5, 0.6) is 5.75 Å². The Labute approximate surface area is 161 Å². The van der Waals surface area contributed by atoms with Gasteiger partial charge in [0.1, 0.15) is 5.75 Å². The molecule has 6 nitrogen and oxygen atoms in total. The number of ether oxygens (including phenoxy) is 1. The molecule has 3 aliphatic rings. The molecule has 7 heteroatoms. The molecule has 0 bridgehead atoms. The number of hydrogen-bond acceptors (Lipinski definition) is 4. The first-order valence-corrected chi connectivity index (χ1v) is 11.4. The largest absolute Gasteiger partial charge is 0.496 e. The Morgan fingerprint density at radius 3 is 2.44 bits per heavy atom. The fourth-order valence-corrected chi connectivity index (χ4v) is 6.01. The smallest absolute Gasteiger partial charge is 0.230 e. The van der Waals surface area contributed by atoms with Crippen molar-refractivity contribution in [2.45, 2.75) is 49.2 Å². The maximum Gasteiger partial charge on any atom is 0.230 e. The van der Waals surface area contributed by atoms with Crippen LogP contribution in [0.3, 0.4) is 0 Å². The van der Waals surface area contributed by atoms with E-state index in [9.17, 15) is 13.2 Å². The molecule has 0 spiro atoms. The Hall–Kier alpha value is -1.60. The lowest BCUT2D eigenvalue weighted by atomic mass is 9.93. The first-order valence-electron chi connectivity index (χ1n) is 9.88. The van der Waals surface area contributed by atoms with Crippen molar-refractivity contribution >= 4 is 15.9 Å². The number of nitrogens with zero attached hydrogens (tertiary/aromatic N) is 1. The molecule has 4 rings (SSSR count). The molecule has 0 atom stereocenters. The van der Waals surface area contributed by atoms with E-state index in [1.807, 2.05) is 24.3 Å². The van der Waals surface area contributed by atoms with Gasteiger partial charge in [-0.05, 0) is 50.5 Å². The van der Waals surface area contributed by atoms with E-state index in [0.717, 1.165) is 49.8 Å². The third-order valence-corrected chi connectivity index (χ3v) is 8.64. The van der Waals surface area contributed by atoms with Crippen molar-refractivity contribution in [1.29, 1.82) is 0 Å². The van der Waals surface area contributed by atoms with Crippen molar-refractivity contribution < 1.29 is 17.9 Å². The normalized spacial score (nSPS) is 23.0. The standard InChI is InChI=1S/C20H28N2O4S/c1-26-18-5-3-2-4-17(18)20(10-11-20)19(23)21-14-15-8-12-22(13-9-15)27(24,25)16-6-7-16/h2-5,15-16H,6-14H2,1H3,(H,21,23). The first kappa shape index (κ1) is 18.7. The van der Waals surface area contributed by atoms with E-state index in [0.29, 0.717) is 25.6 Å². The van der Waals surface area contributed by atoms with Gasteiger partial charge >= 0.3 is 0 Å². The van der Waals surface area contributed by atoms with E-state index in [1.165, 1.54) is 0 Å². The monoisotopic (exact) mass is 392 g/mol. The van der Waals surface area contributed by atoms with Crippen LogP contribution in [0.1, 0.15) is 44.1 Å². The molecule has 27 heavy (non-hydrogen) atoms. The lowest BCUT2D eigenvalue weighted by molar-refractivity contribution is -0.123. The molecule has 1 heterocycles. The van der Waals surface area contributed by atoms with Gasteiger partial charge in [0.15, 0.2) is 0 Å². The minimum absolute atomic E-state index is 0.0695. The van der Waals surface area contributed by atoms with Crippen molar-refractivity contribution in [3.8, 4) is 5.75 Å². The number of para-hydroxylation sites is 1. The summed E-state index contributed by atoms with van der Waals surface area (Å²) in [4.78, 5) is 12.9. The second kappa shape index (κ2) is 7.09. The summed E-state index contributed by atoms with van der Waals surface area (Å²) in [6.07, 6.45) is 4.93. The third kappa shape index (κ3) is 3.59. The summed E-state index contributed by atoms with van der Waals surface area (Å²) in [6, 6.07) is 7.74. The molecule has 148 valence electrons. The Kier molecular flexibility index (Phi) is 4.93. The van der Waals surface area contributed by atoms with Gasteiger partial charge in [-0.15, -0.1) is 0 Å². The predicted molar refractivity (Wildman–Crippen MR) is 103 cm³/mol. The fraction of sp³-hybridized carbons (Fsp3) is 0.650. The molecular formula is C20H28N2O4S. The van der Waals surface area contributed by atoms with Crippen molar-refractivity contribution in [1.82, 2.24) is 9.62 Å². The molecular weight excluding hydrogens is 364 g/mol. The maximum atomic E-state index is 12.9. The molecule has 1 N–H and O–H groups in total. The van der Waals surface area contributed by atoms with Gasteiger partial charge in [-0.2, -0.15) is 0 Å². The van der Waals surface area contributed by atoms with Crippen LogP contribution in [0.25, 0.3) is 0 Å². The van der Waals surface area contributed by atoms with Crippen molar-refractivity contribution in [3.05, 3.63) is 29.8 Å². The zero-order valence-corrected chi connectivity index (χ0v) is 16.6. The van der Waals surface area contributed by atoms with Crippen molar-refractivity contribution in [2.75, 3.05) is 26.7 Å². The molecule has 2 saturated carbocycles. The van der Waals surface area contributed by atoms with Crippen LogP contribution < -0.4 is 10.1 Å². The van der Waals surface area contributed by atoms with E-state index in [1.54, 1.807) is 11.4 Å². The summed E-state index contributed by atoms with van der Waals surface area (Å²) in [5.74, 6) is 1.18. The lowest BCUT2D eigenvalue weighted by Gasteiger charge is -2.31. The number of amides is 1. The molecule has 1 amide bonds. The average molecular weight is 393 g/mol. The first-order chi connectivity index (χ1) is 13.0. The van der Waals surface area contributed by atoms with Crippen molar-refractivity contribution in [2.24, 2.45) is 5.92 Å².